The van der Waals surface area contributed by atoms with Crippen molar-refractivity contribution < 1.29 is 4.92 Å². The van der Waals surface area contributed by atoms with Gasteiger partial charge in [0.2, 0.25) is 0 Å². The van der Waals surface area contributed by atoms with E-state index in [-0.39, 0.29) is 5.69 Å². The molecule has 0 saturated heterocycles. The fourth-order valence-corrected chi connectivity index (χ4v) is 1.41. The molecule has 1 aromatic heterocycles. The standard InChI is InChI=1S/C14H11N3O2/c18-17(19)13-8-6-12(7-9-13)4-3-11-16-14-5-1-2-10-15-14/h1-11H/b4-3+,16-11?. The summed E-state index contributed by atoms with van der Waals surface area (Å²) in [5.41, 5.74) is 0.956. The van der Waals surface area contributed by atoms with Crippen LogP contribution >= 0.6 is 0 Å². The Kier molecular flexibility index (Phi) is 4.12. The van der Waals surface area contributed by atoms with Gasteiger partial charge in [-0.3, -0.25) is 10.1 Å². The van der Waals surface area contributed by atoms with Gasteiger partial charge in [0.25, 0.3) is 5.69 Å². The maximum absolute atomic E-state index is 10.5. The van der Waals surface area contributed by atoms with Crippen LogP contribution in [0.3, 0.4) is 0 Å². The first-order valence-electron chi connectivity index (χ1n) is 5.62. The third-order valence-electron chi connectivity index (χ3n) is 2.33. The number of non-ortho nitro benzene ring substituents is 1. The molecule has 1 heterocycles. The van der Waals surface area contributed by atoms with Gasteiger partial charge in [-0.2, -0.15) is 0 Å². The van der Waals surface area contributed by atoms with Gasteiger partial charge in [-0.1, -0.05) is 12.1 Å². The van der Waals surface area contributed by atoms with Gasteiger partial charge in [-0.25, -0.2) is 9.98 Å². The maximum atomic E-state index is 10.5. The lowest BCUT2D eigenvalue weighted by Gasteiger charge is -1.92. The first-order valence-corrected chi connectivity index (χ1v) is 5.62. The summed E-state index contributed by atoms with van der Waals surface area (Å²) in [5.74, 6) is 0.635. The second-order valence-corrected chi connectivity index (χ2v) is 3.67. The summed E-state index contributed by atoms with van der Waals surface area (Å²) in [4.78, 5) is 18.3. The van der Waals surface area contributed by atoms with Crippen molar-refractivity contribution in [2.24, 2.45) is 4.99 Å². The Balaban J connectivity index is 1.99. The van der Waals surface area contributed by atoms with E-state index in [1.165, 1.54) is 12.1 Å². The van der Waals surface area contributed by atoms with Crippen molar-refractivity contribution in [3.63, 3.8) is 0 Å². The van der Waals surface area contributed by atoms with E-state index in [9.17, 15) is 10.1 Å². The van der Waals surface area contributed by atoms with Crippen LogP contribution in [-0.4, -0.2) is 16.1 Å². The van der Waals surface area contributed by atoms with E-state index in [1.54, 1.807) is 36.7 Å². The Morgan fingerprint density at radius 1 is 1.16 bits per heavy atom. The maximum Gasteiger partial charge on any atom is 0.269 e. The van der Waals surface area contributed by atoms with Crippen molar-refractivity contribution in [1.29, 1.82) is 0 Å². The van der Waals surface area contributed by atoms with Crippen molar-refractivity contribution in [3.8, 4) is 0 Å². The molecule has 0 aliphatic heterocycles. The minimum atomic E-state index is -0.421. The summed E-state index contributed by atoms with van der Waals surface area (Å²) in [6.45, 7) is 0. The molecule has 2 aromatic rings. The van der Waals surface area contributed by atoms with Gasteiger partial charge in [0, 0.05) is 24.5 Å². The minimum absolute atomic E-state index is 0.0827. The molecule has 0 atom stereocenters. The molecule has 94 valence electrons. The molecule has 0 fully saturated rings. The summed E-state index contributed by atoms with van der Waals surface area (Å²) in [6, 6.07) is 11.8. The molecule has 19 heavy (non-hydrogen) atoms. The van der Waals surface area contributed by atoms with Crippen molar-refractivity contribution in [2.75, 3.05) is 0 Å². The van der Waals surface area contributed by atoms with Crippen molar-refractivity contribution >= 4 is 23.8 Å². The summed E-state index contributed by atoms with van der Waals surface area (Å²) >= 11 is 0. The topological polar surface area (TPSA) is 68.4 Å². The molecule has 1 aromatic carbocycles. The molecule has 0 radical (unpaired) electrons. The number of allylic oxidation sites excluding steroid dienone is 1. The van der Waals surface area contributed by atoms with Crippen LogP contribution in [0.1, 0.15) is 5.56 Å². The fraction of sp³-hybridized carbons (Fsp3) is 0. The number of nitrogens with zero attached hydrogens (tertiary/aromatic N) is 3. The molecule has 0 unspecified atom stereocenters. The minimum Gasteiger partial charge on any atom is -0.258 e. The molecule has 0 bridgehead atoms. The van der Waals surface area contributed by atoms with Gasteiger partial charge >= 0.3 is 0 Å². The molecule has 0 N–H and O–H groups in total. The molecule has 0 aliphatic carbocycles. The van der Waals surface area contributed by atoms with E-state index in [4.69, 9.17) is 0 Å². The molecule has 2 rings (SSSR count). The Bertz CT molecular complexity index is 604. The SMILES string of the molecule is O=[N+]([O-])c1ccc(/C=C/C=Nc2ccccn2)cc1. The number of pyridine rings is 1. The highest BCUT2D eigenvalue weighted by Crippen LogP contribution is 2.12. The monoisotopic (exact) mass is 253 g/mol. The zero-order chi connectivity index (χ0) is 13.5. The first-order chi connectivity index (χ1) is 9.25. The largest absolute Gasteiger partial charge is 0.269 e. The normalized spacial score (nSPS) is 11.2. The number of benzene rings is 1. The van der Waals surface area contributed by atoms with E-state index >= 15 is 0 Å². The third-order valence-corrected chi connectivity index (χ3v) is 2.33. The van der Waals surface area contributed by atoms with Crippen LogP contribution in [0.2, 0.25) is 0 Å². The molecule has 0 amide bonds. The van der Waals surface area contributed by atoms with Gasteiger partial charge in [0.15, 0.2) is 5.82 Å². The van der Waals surface area contributed by atoms with Crippen LogP contribution in [0.5, 0.6) is 0 Å². The van der Waals surface area contributed by atoms with Crippen LogP contribution in [0.15, 0.2) is 59.7 Å². The van der Waals surface area contributed by atoms with Crippen molar-refractivity contribution in [1.82, 2.24) is 4.98 Å². The Morgan fingerprint density at radius 2 is 1.95 bits per heavy atom. The predicted molar refractivity (Wildman–Crippen MR) is 74.5 cm³/mol. The first kappa shape index (κ1) is 12.6. The lowest BCUT2D eigenvalue weighted by atomic mass is 10.2. The van der Waals surface area contributed by atoms with Gasteiger partial charge in [-0.15, -0.1) is 0 Å². The summed E-state index contributed by atoms with van der Waals surface area (Å²) in [5, 5.41) is 10.5. The third kappa shape index (κ3) is 3.85. The number of hydrogen-bond acceptors (Lipinski definition) is 4. The van der Waals surface area contributed by atoms with Crippen molar-refractivity contribution in [3.05, 3.63) is 70.4 Å². The van der Waals surface area contributed by atoms with Gasteiger partial charge in [-0.05, 0) is 35.9 Å². The number of aliphatic imine (C=N–C) groups is 1. The van der Waals surface area contributed by atoms with Gasteiger partial charge in [0.05, 0.1) is 4.92 Å². The van der Waals surface area contributed by atoms with Crippen LogP contribution < -0.4 is 0 Å². The summed E-state index contributed by atoms with van der Waals surface area (Å²) in [6.07, 6.45) is 6.88. The van der Waals surface area contributed by atoms with Gasteiger partial charge in [0.1, 0.15) is 0 Å². The zero-order valence-electron chi connectivity index (χ0n) is 10.0. The molecular weight excluding hydrogens is 242 g/mol. The summed E-state index contributed by atoms with van der Waals surface area (Å²) in [7, 11) is 0. The van der Waals surface area contributed by atoms with Crippen LogP contribution in [0, 0.1) is 10.1 Å². The van der Waals surface area contributed by atoms with Crippen LogP contribution in [0.25, 0.3) is 6.08 Å². The highest BCUT2D eigenvalue weighted by Gasteiger charge is 2.01. The average molecular weight is 253 g/mol. The number of nitro groups is 1. The van der Waals surface area contributed by atoms with Gasteiger partial charge < -0.3 is 0 Å². The average Bonchev–Trinajstić information content (AvgIpc) is 2.45. The molecule has 0 aliphatic rings. The lowest BCUT2D eigenvalue weighted by Crippen LogP contribution is -1.86. The quantitative estimate of drug-likeness (QED) is 0.476. The Morgan fingerprint density at radius 3 is 2.58 bits per heavy atom. The molecule has 0 spiro atoms. The number of aromatic nitrogens is 1. The predicted octanol–water partition coefficient (Wildman–Crippen LogP) is 3.41. The van der Waals surface area contributed by atoms with E-state index in [1.807, 2.05) is 18.2 Å². The Labute approximate surface area is 110 Å². The molecule has 5 nitrogen and oxygen atoms in total. The molecule has 0 saturated carbocycles. The van der Waals surface area contributed by atoms with Crippen LogP contribution in [-0.2, 0) is 0 Å². The number of hydrogen-bond donors (Lipinski definition) is 0. The van der Waals surface area contributed by atoms with Crippen LogP contribution in [0.4, 0.5) is 11.5 Å². The second-order valence-electron chi connectivity index (χ2n) is 3.67. The van der Waals surface area contributed by atoms with E-state index in [0.29, 0.717) is 5.82 Å². The Hall–Kier alpha value is -2.82. The number of rotatable bonds is 4. The fourth-order valence-electron chi connectivity index (χ4n) is 1.41. The van der Waals surface area contributed by atoms with Crippen molar-refractivity contribution in [2.45, 2.75) is 0 Å². The second kappa shape index (κ2) is 6.20. The lowest BCUT2D eigenvalue weighted by molar-refractivity contribution is -0.384. The molecule has 5 heteroatoms. The smallest absolute Gasteiger partial charge is 0.258 e. The summed E-state index contributed by atoms with van der Waals surface area (Å²) < 4.78 is 0. The zero-order valence-corrected chi connectivity index (χ0v) is 10.0. The number of nitro benzene ring substituents is 1. The van der Waals surface area contributed by atoms with E-state index < -0.39 is 4.92 Å². The van der Waals surface area contributed by atoms with E-state index in [2.05, 4.69) is 9.98 Å². The highest BCUT2D eigenvalue weighted by atomic mass is 16.6. The van der Waals surface area contributed by atoms with E-state index in [0.717, 1.165) is 5.56 Å². The molecular formula is C14H11N3O2. The highest BCUT2D eigenvalue weighted by molar-refractivity contribution is 5.80.